The number of halogens is 3. The van der Waals surface area contributed by atoms with Crippen molar-refractivity contribution in [3.8, 4) is 0 Å². The van der Waals surface area contributed by atoms with Crippen LogP contribution in [0.15, 0.2) is 6.07 Å². The van der Waals surface area contributed by atoms with Crippen LogP contribution in [0.25, 0.3) is 0 Å². The van der Waals surface area contributed by atoms with Gasteiger partial charge in [0.1, 0.15) is 0 Å². The van der Waals surface area contributed by atoms with Crippen molar-refractivity contribution in [3.63, 3.8) is 0 Å². The zero-order chi connectivity index (χ0) is 13.3. The van der Waals surface area contributed by atoms with Crippen LogP contribution in [-0.2, 0) is 0 Å². The fourth-order valence-electron chi connectivity index (χ4n) is 2.29. The van der Waals surface area contributed by atoms with Gasteiger partial charge in [0, 0.05) is 19.2 Å². The number of hydrogen-bond donors (Lipinski definition) is 0. The van der Waals surface area contributed by atoms with Crippen LogP contribution in [-0.4, -0.2) is 18.1 Å². The Kier molecular flexibility index (Phi) is 3.50. The van der Waals surface area contributed by atoms with E-state index in [1.807, 2.05) is 0 Å². The molecule has 100 valence electrons. The zero-order valence-electron chi connectivity index (χ0n) is 10.6. The number of anilines is 1. The fraction of sp³-hybridized carbons (Fsp3) is 0.615. The van der Waals surface area contributed by atoms with Crippen molar-refractivity contribution in [2.45, 2.75) is 33.1 Å². The van der Waals surface area contributed by atoms with Crippen LogP contribution in [0.2, 0.25) is 0 Å². The molecule has 0 unspecified atom stereocenters. The maximum atomic E-state index is 13.6. The summed E-state index contributed by atoms with van der Waals surface area (Å²) in [6.07, 6.45) is 2.81. The van der Waals surface area contributed by atoms with E-state index in [1.165, 1.54) is 0 Å². The predicted molar refractivity (Wildman–Crippen MR) is 64.0 cm³/mol. The minimum Gasteiger partial charge on any atom is -0.354 e. The van der Waals surface area contributed by atoms with Crippen molar-refractivity contribution >= 4 is 5.82 Å². The van der Waals surface area contributed by atoms with E-state index < -0.39 is 17.6 Å². The van der Waals surface area contributed by atoms with Gasteiger partial charge in [-0.15, -0.1) is 0 Å². The van der Waals surface area contributed by atoms with Crippen molar-refractivity contribution in [1.82, 2.24) is 4.98 Å². The van der Waals surface area contributed by atoms with E-state index in [2.05, 4.69) is 18.8 Å². The summed E-state index contributed by atoms with van der Waals surface area (Å²) < 4.78 is 39.6. The molecule has 0 atom stereocenters. The highest BCUT2D eigenvalue weighted by Gasteiger charge is 2.25. The number of hydrogen-bond acceptors (Lipinski definition) is 2. The van der Waals surface area contributed by atoms with Crippen LogP contribution >= 0.6 is 0 Å². The van der Waals surface area contributed by atoms with Crippen molar-refractivity contribution in [2.24, 2.45) is 5.41 Å². The summed E-state index contributed by atoms with van der Waals surface area (Å²) in [6, 6.07) is 0.563. The molecule has 0 saturated carbocycles. The Bertz CT molecular complexity index is 446. The number of nitrogens with zero attached hydrogens (tertiary/aromatic N) is 2. The fourth-order valence-corrected chi connectivity index (χ4v) is 2.29. The van der Waals surface area contributed by atoms with Gasteiger partial charge in [0.15, 0.2) is 17.5 Å². The average molecular weight is 258 g/mol. The molecule has 0 bridgehead atoms. The molecule has 2 nitrogen and oxygen atoms in total. The normalized spacial score (nSPS) is 19.7. The Balaban J connectivity index is 2.24. The molecular weight excluding hydrogens is 241 g/mol. The summed E-state index contributed by atoms with van der Waals surface area (Å²) in [6.45, 7) is 5.55. The molecule has 1 aromatic rings. The molecule has 0 N–H and O–H groups in total. The molecule has 1 saturated heterocycles. The van der Waals surface area contributed by atoms with E-state index >= 15 is 0 Å². The highest BCUT2D eigenvalue weighted by atomic mass is 19.2. The Morgan fingerprint density at radius 1 is 1.11 bits per heavy atom. The zero-order valence-corrected chi connectivity index (χ0v) is 10.6. The minimum absolute atomic E-state index is 0.0772. The molecule has 18 heavy (non-hydrogen) atoms. The number of rotatable bonds is 1. The smallest absolute Gasteiger partial charge is 0.251 e. The summed E-state index contributed by atoms with van der Waals surface area (Å²) in [4.78, 5) is 5.10. The first-order chi connectivity index (χ1) is 8.39. The Labute approximate surface area is 105 Å². The third-order valence-electron chi connectivity index (χ3n) is 3.51. The van der Waals surface area contributed by atoms with Crippen LogP contribution in [0.3, 0.4) is 0 Å². The Hall–Kier alpha value is -1.26. The Morgan fingerprint density at radius 2 is 1.83 bits per heavy atom. The highest BCUT2D eigenvalue weighted by Crippen LogP contribution is 2.32. The van der Waals surface area contributed by atoms with Gasteiger partial charge in [-0.25, -0.2) is 8.78 Å². The summed E-state index contributed by atoms with van der Waals surface area (Å²) in [7, 11) is 0. The van der Waals surface area contributed by atoms with E-state index in [1.54, 1.807) is 4.90 Å². The highest BCUT2D eigenvalue weighted by molar-refractivity contribution is 5.40. The van der Waals surface area contributed by atoms with Gasteiger partial charge in [-0.05, 0) is 24.7 Å². The van der Waals surface area contributed by atoms with Gasteiger partial charge >= 0.3 is 0 Å². The minimum atomic E-state index is -1.24. The van der Waals surface area contributed by atoms with Gasteiger partial charge in [0.25, 0.3) is 5.95 Å². The van der Waals surface area contributed by atoms with Crippen LogP contribution in [0, 0.1) is 23.0 Å². The van der Waals surface area contributed by atoms with Crippen molar-refractivity contribution < 1.29 is 13.2 Å². The van der Waals surface area contributed by atoms with Gasteiger partial charge in [0.2, 0.25) is 0 Å². The maximum Gasteiger partial charge on any atom is 0.251 e. The number of pyridine rings is 1. The second-order valence-electron chi connectivity index (χ2n) is 5.57. The first-order valence-electron chi connectivity index (χ1n) is 6.15. The quantitative estimate of drug-likeness (QED) is 0.716. The largest absolute Gasteiger partial charge is 0.354 e. The van der Waals surface area contributed by atoms with E-state index in [9.17, 15) is 13.2 Å². The molecule has 0 amide bonds. The van der Waals surface area contributed by atoms with Gasteiger partial charge in [0.05, 0.1) is 0 Å². The van der Waals surface area contributed by atoms with E-state index in [-0.39, 0.29) is 11.2 Å². The van der Waals surface area contributed by atoms with Gasteiger partial charge < -0.3 is 4.90 Å². The molecular formula is C13H17F3N2. The molecule has 2 heterocycles. The molecule has 1 aliphatic heterocycles. The van der Waals surface area contributed by atoms with Gasteiger partial charge in [-0.2, -0.15) is 9.37 Å². The van der Waals surface area contributed by atoms with Gasteiger partial charge in [-0.3, -0.25) is 0 Å². The first kappa shape index (κ1) is 13.2. The SMILES string of the molecule is CC1(C)CCCN(c2nc(F)c(F)cc2F)CC1. The molecule has 0 spiro atoms. The summed E-state index contributed by atoms with van der Waals surface area (Å²) in [5.74, 6) is -3.36. The van der Waals surface area contributed by atoms with Crippen LogP contribution < -0.4 is 4.90 Å². The van der Waals surface area contributed by atoms with Gasteiger partial charge in [-0.1, -0.05) is 13.8 Å². The van der Waals surface area contributed by atoms with Crippen molar-refractivity contribution in [3.05, 3.63) is 23.6 Å². The molecule has 5 heteroatoms. The lowest BCUT2D eigenvalue weighted by Crippen LogP contribution is -2.27. The monoisotopic (exact) mass is 258 g/mol. The van der Waals surface area contributed by atoms with Crippen molar-refractivity contribution in [2.75, 3.05) is 18.0 Å². The summed E-state index contributed by atoms with van der Waals surface area (Å²) >= 11 is 0. The molecule has 0 aliphatic carbocycles. The number of aromatic nitrogens is 1. The third kappa shape index (κ3) is 2.76. The van der Waals surface area contributed by atoms with Crippen molar-refractivity contribution in [1.29, 1.82) is 0 Å². The lowest BCUT2D eigenvalue weighted by Gasteiger charge is -2.24. The third-order valence-corrected chi connectivity index (χ3v) is 3.51. The van der Waals surface area contributed by atoms with E-state index in [0.29, 0.717) is 19.2 Å². The second-order valence-corrected chi connectivity index (χ2v) is 5.57. The lowest BCUT2D eigenvalue weighted by molar-refractivity contribution is 0.325. The van der Waals surface area contributed by atoms with E-state index in [4.69, 9.17) is 0 Å². The molecule has 2 rings (SSSR count). The van der Waals surface area contributed by atoms with Crippen LogP contribution in [0.1, 0.15) is 33.1 Å². The van der Waals surface area contributed by atoms with Crippen LogP contribution in [0.4, 0.5) is 19.0 Å². The summed E-state index contributed by atoms with van der Waals surface area (Å²) in [5.41, 5.74) is 0.198. The molecule has 0 radical (unpaired) electrons. The maximum absolute atomic E-state index is 13.6. The summed E-state index contributed by atoms with van der Waals surface area (Å²) in [5, 5.41) is 0. The molecule has 1 fully saturated rings. The van der Waals surface area contributed by atoms with Crippen LogP contribution in [0.5, 0.6) is 0 Å². The standard InChI is InChI=1S/C13H17F3N2/c1-13(2)4-3-6-18(7-5-13)12-10(15)8-9(14)11(16)17-12/h8H,3-7H2,1-2H3. The molecule has 1 aromatic heterocycles. The molecule has 0 aromatic carbocycles. The molecule has 1 aliphatic rings. The first-order valence-corrected chi connectivity index (χ1v) is 6.15. The predicted octanol–water partition coefficient (Wildman–Crippen LogP) is 3.52. The average Bonchev–Trinajstić information content (AvgIpc) is 2.45. The topological polar surface area (TPSA) is 16.1 Å². The lowest BCUT2D eigenvalue weighted by atomic mass is 9.85. The second kappa shape index (κ2) is 4.78. The Morgan fingerprint density at radius 3 is 2.56 bits per heavy atom. The van der Waals surface area contributed by atoms with E-state index in [0.717, 1.165) is 19.3 Å².